The Morgan fingerprint density at radius 1 is 1.43 bits per heavy atom. The van der Waals surface area contributed by atoms with Crippen molar-refractivity contribution in [3.63, 3.8) is 0 Å². The summed E-state index contributed by atoms with van der Waals surface area (Å²) < 4.78 is 0. The number of carbonyl (C=O) groups is 1. The molecule has 1 N–H and O–H groups in total. The fourth-order valence-electron chi connectivity index (χ4n) is 1.62. The van der Waals surface area contributed by atoms with Crippen LogP contribution in [-0.4, -0.2) is 10.8 Å². The van der Waals surface area contributed by atoms with Crippen molar-refractivity contribution in [3.8, 4) is 0 Å². The summed E-state index contributed by atoms with van der Waals surface area (Å²) in [6.45, 7) is 3.52. The summed E-state index contributed by atoms with van der Waals surface area (Å²) in [6.07, 6.45) is 0. The molecule has 0 spiro atoms. The molecule has 0 unspecified atom stereocenters. The van der Waals surface area contributed by atoms with E-state index in [9.17, 15) is 4.79 Å². The van der Waals surface area contributed by atoms with Crippen LogP contribution in [0.1, 0.15) is 22.8 Å². The molecule has 0 amide bonds. The molecule has 3 heteroatoms. The van der Waals surface area contributed by atoms with Gasteiger partial charge in [0.1, 0.15) is 5.15 Å². The summed E-state index contributed by atoms with van der Waals surface area (Å²) >= 11 is 5.94. The number of Topliss-reactive ketones (excluding diaryl/α,β-unsaturated/α-hetero) is 1. The maximum atomic E-state index is 11.3. The highest BCUT2D eigenvalue weighted by molar-refractivity contribution is 6.35. The monoisotopic (exact) mass is 207 g/mol. The Balaban J connectivity index is 2.84. The fourth-order valence-corrected chi connectivity index (χ4v) is 1.96. The number of rotatable bonds is 1. The van der Waals surface area contributed by atoms with Crippen molar-refractivity contribution < 1.29 is 4.79 Å². The van der Waals surface area contributed by atoms with Gasteiger partial charge in [0.2, 0.25) is 0 Å². The van der Waals surface area contributed by atoms with E-state index >= 15 is 0 Å². The van der Waals surface area contributed by atoms with Gasteiger partial charge < -0.3 is 4.98 Å². The SMILES string of the molecule is CC(=O)c1c(Cl)[nH]c2cc(C)ccc12. The van der Waals surface area contributed by atoms with Crippen LogP contribution in [0.3, 0.4) is 0 Å². The third kappa shape index (κ3) is 1.32. The van der Waals surface area contributed by atoms with Crippen LogP contribution in [0.5, 0.6) is 0 Å². The number of benzene rings is 1. The normalized spacial score (nSPS) is 10.8. The molecule has 0 radical (unpaired) electrons. The molecule has 0 aliphatic rings. The molecule has 0 aliphatic heterocycles. The minimum atomic E-state index is -0.00916. The van der Waals surface area contributed by atoms with Gasteiger partial charge in [-0.25, -0.2) is 0 Å². The first kappa shape index (κ1) is 9.28. The lowest BCUT2D eigenvalue weighted by molar-refractivity contribution is 0.101. The molecular formula is C11H10ClNO. The molecule has 14 heavy (non-hydrogen) atoms. The van der Waals surface area contributed by atoms with Crippen molar-refractivity contribution in [1.29, 1.82) is 0 Å². The first-order valence-electron chi connectivity index (χ1n) is 4.38. The first-order valence-corrected chi connectivity index (χ1v) is 4.76. The molecule has 72 valence electrons. The predicted octanol–water partition coefficient (Wildman–Crippen LogP) is 3.33. The summed E-state index contributed by atoms with van der Waals surface area (Å²) in [4.78, 5) is 14.3. The second kappa shape index (κ2) is 3.14. The second-order valence-corrected chi connectivity index (χ2v) is 3.80. The summed E-state index contributed by atoms with van der Waals surface area (Å²) in [6, 6.07) is 5.87. The van der Waals surface area contributed by atoms with Gasteiger partial charge in [0.25, 0.3) is 0 Å². The number of halogens is 1. The van der Waals surface area contributed by atoms with E-state index in [-0.39, 0.29) is 5.78 Å². The Kier molecular flexibility index (Phi) is 2.08. The van der Waals surface area contributed by atoms with Crippen molar-refractivity contribution in [3.05, 3.63) is 34.5 Å². The number of H-pyrrole nitrogens is 1. The van der Waals surface area contributed by atoms with Crippen LogP contribution in [0, 0.1) is 6.92 Å². The van der Waals surface area contributed by atoms with Crippen LogP contribution >= 0.6 is 11.6 Å². The summed E-state index contributed by atoms with van der Waals surface area (Å²) in [5.74, 6) is -0.00916. The highest BCUT2D eigenvalue weighted by Crippen LogP contribution is 2.26. The van der Waals surface area contributed by atoms with E-state index in [0.717, 1.165) is 16.5 Å². The van der Waals surface area contributed by atoms with Gasteiger partial charge in [-0.1, -0.05) is 23.7 Å². The third-order valence-corrected chi connectivity index (χ3v) is 2.54. The van der Waals surface area contributed by atoms with Crippen molar-refractivity contribution in [1.82, 2.24) is 4.98 Å². The predicted molar refractivity (Wildman–Crippen MR) is 58.1 cm³/mol. The number of aromatic nitrogens is 1. The average molecular weight is 208 g/mol. The van der Waals surface area contributed by atoms with Gasteiger partial charge in [-0.2, -0.15) is 0 Å². The van der Waals surface area contributed by atoms with E-state index in [1.807, 2.05) is 25.1 Å². The van der Waals surface area contributed by atoms with Crippen LogP contribution in [0.15, 0.2) is 18.2 Å². The van der Waals surface area contributed by atoms with Crippen molar-refractivity contribution in [2.75, 3.05) is 0 Å². The molecule has 2 nitrogen and oxygen atoms in total. The zero-order valence-electron chi connectivity index (χ0n) is 8.02. The Bertz CT molecular complexity index is 513. The van der Waals surface area contributed by atoms with Crippen molar-refractivity contribution in [2.45, 2.75) is 13.8 Å². The molecule has 2 rings (SSSR count). The van der Waals surface area contributed by atoms with E-state index in [1.165, 1.54) is 6.92 Å². The maximum Gasteiger partial charge on any atom is 0.163 e. The number of aromatic amines is 1. The topological polar surface area (TPSA) is 32.9 Å². The van der Waals surface area contributed by atoms with Crippen LogP contribution in [-0.2, 0) is 0 Å². The van der Waals surface area contributed by atoms with Gasteiger partial charge in [-0.15, -0.1) is 0 Å². The van der Waals surface area contributed by atoms with Crippen LogP contribution < -0.4 is 0 Å². The molecule has 2 aromatic rings. The number of ketones is 1. The van der Waals surface area contributed by atoms with E-state index in [1.54, 1.807) is 0 Å². The first-order chi connectivity index (χ1) is 6.59. The number of carbonyl (C=O) groups excluding carboxylic acids is 1. The average Bonchev–Trinajstić information content (AvgIpc) is 2.39. The Morgan fingerprint density at radius 3 is 2.79 bits per heavy atom. The summed E-state index contributed by atoms with van der Waals surface area (Å²) in [5, 5.41) is 1.33. The van der Waals surface area contributed by atoms with Gasteiger partial charge in [0, 0.05) is 10.9 Å². The van der Waals surface area contributed by atoms with Crippen LogP contribution in [0.2, 0.25) is 5.15 Å². The highest BCUT2D eigenvalue weighted by Gasteiger charge is 2.13. The third-order valence-electron chi connectivity index (χ3n) is 2.26. The van der Waals surface area contributed by atoms with Crippen LogP contribution in [0.25, 0.3) is 10.9 Å². The number of hydrogen-bond acceptors (Lipinski definition) is 1. The summed E-state index contributed by atoms with van der Waals surface area (Å²) in [5.41, 5.74) is 2.65. The number of nitrogens with one attached hydrogen (secondary N) is 1. The Hall–Kier alpha value is -1.28. The van der Waals surface area contributed by atoms with E-state index in [2.05, 4.69) is 4.98 Å². The molecule has 0 fully saturated rings. The standard InChI is InChI=1S/C11H10ClNO/c1-6-3-4-8-9(5-6)13-11(12)10(8)7(2)14/h3-5,13H,1-2H3. The molecule has 0 saturated carbocycles. The zero-order valence-corrected chi connectivity index (χ0v) is 8.77. The molecule has 0 saturated heterocycles. The molecule has 1 aromatic heterocycles. The minimum Gasteiger partial charge on any atom is -0.345 e. The molecule has 1 heterocycles. The van der Waals surface area contributed by atoms with Gasteiger partial charge >= 0.3 is 0 Å². The fraction of sp³-hybridized carbons (Fsp3) is 0.182. The molecule has 0 atom stereocenters. The molecule has 1 aromatic carbocycles. The lowest BCUT2D eigenvalue weighted by atomic mass is 10.1. The van der Waals surface area contributed by atoms with Crippen molar-refractivity contribution in [2.24, 2.45) is 0 Å². The lowest BCUT2D eigenvalue weighted by Gasteiger charge is -1.94. The van der Waals surface area contributed by atoms with Gasteiger partial charge in [0.15, 0.2) is 5.78 Å². The largest absolute Gasteiger partial charge is 0.345 e. The van der Waals surface area contributed by atoms with E-state index < -0.39 is 0 Å². The quantitative estimate of drug-likeness (QED) is 0.715. The van der Waals surface area contributed by atoms with E-state index in [4.69, 9.17) is 11.6 Å². The zero-order chi connectivity index (χ0) is 10.3. The number of fused-ring (bicyclic) bond motifs is 1. The van der Waals surface area contributed by atoms with Gasteiger partial charge in [-0.3, -0.25) is 4.79 Å². The van der Waals surface area contributed by atoms with Crippen LogP contribution in [0.4, 0.5) is 0 Å². The highest BCUT2D eigenvalue weighted by atomic mass is 35.5. The molecule has 0 bridgehead atoms. The Morgan fingerprint density at radius 2 is 2.14 bits per heavy atom. The minimum absolute atomic E-state index is 0.00916. The Labute approximate surface area is 86.9 Å². The van der Waals surface area contributed by atoms with Crippen molar-refractivity contribution >= 4 is 28.3 Å². The van der Waals surface area contributed by atoms with Gasteiger partial charge in [0.05, 0.1) is 5.56 Å². The second-order valence-electron chi connectivity index (χ2n) is 3.42. The number of aryl methyl sites for hydroxylation is 1. The van der Waals surface area contributed by atoms with E-state index in [0.29, 0.717) is 10.7 Å². The van der Waals surface area contributed by atoms with Gasteiger partial charge in [-0.05, 0) is 25.5 Å². The summed E-state index contributed by atoms with van der Waals surface area (Å²) in [7, 11) is 0. The molecular weight excluding hydrogens is 198 g/mol. The smallest absolute Gasteiger partial charge is 0.163 e. The molecule has 0 aliphatic carbocycles. The lowest BCUT2D eigenvalue weighted by Crippen LogP contribution is -1.90. The number of hydrogen-bond donors (Lipinski definition) is 1. The maximum absolute atomic E-state index is 11.3.